The number of carbonyl (C=O) groups is 1. The van der Waals surface area contributed by atoms with Crippen molar-refractivity contribution in [3.8, 4) is 11.5 Å². The molecule has 158 valence electrons. The van der Waals surface area contributed by atoms with Gasteiger partial charge in [-0.05, 0) is 54.6 Å². The quantitative estimate of drug-likeness (QED) is 0.417. The number of methoxy groups -OCH3 is 2. The maximum Gasteiger partial charge on any atom is 0.230 e. The molecular formula is C25H24N2O3S. The van der Waals surface area contributed by atoms with Crippen LogP contribution in [0.4, 0.5) is 5.69 Å². The van der Waals surface area contributed by atoms with E-state index in [0.717, 1.165) is 43.6 Å². The first-order valence-corrected chi connectivity index (χ1v) is 10.7. The molecule has 5 nitrogen and oxygen atoms in total. The van der Waals surface area contributed by atoms with Gasteiger partial charge >= 0.3 is 0 Å². The molecule has 0 fully saturated rings. The van der Waals surface area contributed by atoms with E-state index >= 15 is 0 Å². The molecule has 31 heavy (non-hydrogen) atoms. The molecule has 3 aromatic carbocycles. The molecule has 0 radical (unpaired) electrons. The van der Waals surface area contributed by atoms with Crippen LogP contribution in [0.1, 0.15) is 5.69 Å². The smallest absolute Gasteiger partial charge is 0.230 e. The highest BCUT2D eigenvalue weighted by Crippen LogP contribution is 2.39. The van der Waals surface area contributed by atoms with Crippen molar-refractivity contribution in [1.29, 1.82) is 0 Å². The van der Waals surface area contributed by atoms with Crippen molar-refractivity contribution in [3.05, 3.63) is 78.5 Å². The summed E-state index contributed by atoms with van der Waals surface area (Å²) >= 11 is 1.66. The number of anilines is 1. The fourth-order valence-corrected chi connectivity index (χ4v) is 4.65. The van der Waals surface area contributed by atoms with Gasteiger partial charge in [-0.3, -0.25) is 4.79 Å². The van der Waals surface area contributed by atoms with Crippen LogP contribution in [0.3, 0.4) is 0 Å². The van der Waals surface area contributed by atoms with Crippen LogP contribution in [0.25, 0.3) is 10.9 Å². The fourth-order valence-electron chi connectivity index (χ4n) is 3.52. The monoisotopic (exact) mass is 432 g/mol. The minimum absolute atomic E-state index is 0.0713. The molecule has 0 atom stereocenters. The van der Waals surface area contributed by atoms with E-state index in [4.69, 9.17) is 9.47 Å². The average Bonchev–Trinajstić information content (AvgIpc) is 3.05. The van der Waals surface area contributed by atoms with Crippen LogP contribution in [0.15, 0.2) is 82.6 Å². The Balaban J connectivity index is 1.68. The number of aryl methyl sites for hydroxylation is 1. The lowest BCUT2D eigenvalue weighted by Crippen LogP contribution is -2.16. The maximum absolute atomic E-state index is 12.9. The predicted octanol–water partition coefficient (Wildman–Crippen LogP) is 5.53. The van der Waals surface area contributed by atoms with Crippen molar-refractivity contribution in [2.75, 3.05) is 19.5 Å². The average molecular weight is 433 g/mol. The highest BCUT2D eigenvalue weighted by molar-refractivity contribution is 7.99. The Labute approximate surface area is 186 Å². The Kier molecular flexibility index (Phi) is 6.18. The van der Waals surface area contributed by atoms with Gasteiger partial charge in [0.05, 0.1) is 20.6 Å². The summed E-state index contributed by atoms with van der Waals surface area (Å²) in [5, 5.41) is 4.06. The van der Waals surface area contributed by atoms with Crippen molar-refractivity contribution in [2.45, 2.75) is 16.2 Å². The molecule has 6 heteroatoms. The van der Waals surface area contributed by atoms with Crippen LogP contribution >= 0.6 is 11.8 Å². The molecule has 1 N–H and O–H groups in total. The zero-order chi connectivity index (χ0) is 21.8. The second kappa shape index (κ2) is 9.18. The first-order valence-electron chi connectivity index (χ1n) is 9.91. The Morgan fingerprint density at radius 3 is 2.29 bits per heavy atom. The highest BCUT2D eigenvalue weighted by Gasteiger charge is 2.19. The standard InChI is InChI=1S/C25H24N2O3S/c1-27-22-14-13-19(30-3)15-21(22)25(31-20-7-5-4-6-8-20)23(27)16-24(28)26-17-9-11-18(29-2)12-10-17/h4-15H,16H2,1-3H3,(H,26,28). The van der Waals surface area contributed by atoms with Gasteiger partial charge in [0.25, 0.3) is 0 Å². The highest BCUT2D eigenvalue weighted by atomic mass is 32.2. The van der Waals surface area contributed by atoms with Crippen molar-refractivity contribution in [1.82, 2.24) is 4.57 Å². The van der Waals surface area contributed by atoms with Gasteiger partial charge in [-0.15, -0.1) is 0 Å². The number of hydrogen-bond donors (Lipinski definition) is 1. The summed E-state index contributed by atoms with van der Waals surface area (Å²) in [6.45, 7) is 0. The molecule has 0 spiro atoms. The van der Waals surface area contributed by atoms with Gasteiger partial charge in [-0.25, -0.2) is 0 Å². The molecule has 0 aliphatic carbocycles. The summed E-state index contributed by atoms with van der Waals surface area (Å²) < 4.78 is 12.7. The van der Waals surface area contributed by atoms with Crippen molar-refractivity contribution >= 4 is 34.3 Å². The van der Waals surface area contributed by atoms with Crippen LogP contribution in [0.2, 0.25) is 0 Å². The molecule has 0 saturated carbocycles. The van der Waals surface area contributed by atoms with Gasteiger partial charge in [0.2, 0.25) is 5.91 Å². The second-order valence-electron chi connectivity index (χ2n) is 7.09. The minimum Gasteiger partial charge on any atom is -0.497 e. The number of carbonyl (C=O) groups excluding carboxylic acids is 1. The second-order valence-corrected chi connectivity index (χ2v) is 8.17. The molecule has 4 rings (SSSR count). The largest absolute Gasteiger partial charge is 0.497 e. The summed E-state index contributed by atoms with van der Waals surface area (Å²) in [6, 6.07) is 23.5. The van der Waals surface area contributed by atoms with Crippen molar-refractivity contribution in [2.24, 2.45) is 7.05 Å². The molecule has 1 amide bonds. The third kappa shape index (κ3) is 4.54. The molecular weight excluding hydrogens is 408 g/mol. The van der Waals surface area contributed by atoms with Gasteiger partial charge in [-0.2, -0.15) is 0 Å². The molecule has 4 aromatic rings. The Morgan fingerprint density at radius 1 is 0.935 bits per heavy atom. The van der Waals surface area contributed by atoms with Gasteiger partial charge < -0.3 is 19.4 Å². The number of fused-ring (bicyclic) bond motifs is 1. The van der Waals surface area contributed by atoms with E-state index in [-0.39, 0.29) is 12.3 Å². The maximum atomic E-state index is 12.9. The molecule has 0 aliphatic rings. The predicted molar refractivity (Wildman–Crippen MR) is 125 cm³/mol. The zero-order valence-electron chi connectivity index (χ0n) is 17.7. The fraction of sp³-hybridized carbons (Fsp3) is 0.160. The SMILES string of the molecule is COc1ccc(NC(=O)Cc2c(Sc3ccccc3)c3cc(OC)ccc3n2C)cc1. The summed E-state index contributed by atoms with van der Waals surface area (Å²) in [4.78, 5) is 15.1. The number of benzene rings is 3. The van der Waals surface area contributed by atoms with Crippen molar-refractivity contribution < 1.29 is 14.3 Å². The number of nitrogens with zero attached hydrogens (tertiary/aromatic N) is 1. The van der Waals surface area contributed by atoms with Crippen LogP contribution in [-0.4, -0.2) is 24.7 Å². The number of aromatic nitrogens is 1. The van der Waals surface area contributed by atoms with Crippen LogP contribution in [-0.2, 0) is 18.3 Å². The molecule has 0 aliphatic heterocycles. The van der Waals surface area contributed by atoms with E-state index < -0.39 is 0 Å². The summed E-state index contributed by atoms with van der Waals surface area (Å²) in [5.41, 5.74) is 2.76. The molecule has 1 heterocycles. The number of hydrogen-bond acceptors (Lipinski definition) is 4. The Bertz CT molecular complexity index is 1200. The van der Waals surface area contributed by atoms with Gasteiger partial charge in [0, 0.05) is 39.1 Å². The lowest BCUT2D eigenvalue weighted by atomic mass is 10.2. The Morgan fingerprint density at radius 2 is 1.61 bits per heavy atom. The van der Waals surface area contributed by atoms with E-state index in [0.29, 0.717) is 0 Å². The van der Waals surface area contributed by atoms with Gasteiger partial charge in [0.1, 0.15) is 11.5 Å². The third-order valence-corrected chi connectivity index (χ3v) is 6.31. The van der Waals surface area contributed by atoms with E-state index in [2.05, 4.69) is 22.0 Å². The first-order chi connectivity index (χ1) is 15.1. The van der Waals surface area contributed by atoms with Crippen LogP contribution in [0, 0.1) is 0 Å². The number of ether oxygens (including phenoxy) is 2. The summed E-state index contributed by atoms with van der Waals surface area (Å²) in [5.74, 6) is 1.47. The van der Waals surface area contributed by atoms with Gasteiger partial charge in [0.15, 0.2) is 0 Å². The first kappa shape index (κ1) is 20.9. The summed E-state index contributed by atoms with van der Waals surface area (Å²) in [6.07, 6.45) is 0.259. The zero-order valence-corrected chi connectivity index (χ0v) is 18.5. The summed E-state index contributed by atoms with van der Waals surface area (Å²) in [7, 11) is 5.28. The molecule has 0 bridgehead atoms. The normalized spacial score (nSPS) is 10.8. The lowest BCUT2D eigenvalue weighted by Gasteiger charge is -2.10. The van der Waals surface area contributed by atoms with Crippen molar-refractivity contribution in [3.63, 3.8) is 0 Å². The number of nitrogens with one attached hydrogen (secondary N) is 1. The molecule has 0 unspecified atom stereocenters. The van der Waals surface area contributed by atoms with Gasteiger partial charge in [-0.1, -0.05) is 30.0 Å². The number of rotatable bonds is 7. The van der Waals surface area contributed by atoms with Crippen LogP contribution < -0.4 is 14.8 Å². The lowest BCUT2D eigenvalue weighted by molar-refractivity contribution is -0.115. The topological polar surface area (TPSA) is 52.5 Å². The number of amides is 1. The van der Waals surface area contributed by atoms with E-state index in [1.165, 1.54) is 0 Å². The minimum atomic E-state index is -0.0713. The van der Waals surface area contributed by atoms with E-state index in [1.54, 1.807) is 26.0 Å². The van der Waals surface area contributed by atoms with E-state index in [1.807, 2.05) is 67.7 Å². The molecule has 1 aromatic heterocycles. The Hall–Kier alpha value is -3.38. The third-order valence-electron chi connectivity index (χ3n) is 5.14. The van der Waals surface area contributed by atoms with E-state index in [9.17, 15) is 4.79 Å². The molecule has 0 saturated heterocycles. The van der Waals surface area contributed by atoms with Crippen LogP contribution in [0.5, 0.6) is 11.5 Å².